The van der Waals surface area contributed by atoms with Gasteiger partial charge in [0.05, 0.1) is 0 Å². The second kappa shape index (κ2) is 8.48. The summed E-state index contributed by atoms with van der Waals surface area (Å²) in [7, 11) is 0. The van der Waals surface area contributed by atoms with Crippen LogP contribution in [0.3, 0.4) is 0 Å². The van der Waals surface area contributed by atoms with Crippen LogP contribution >= 0.6 is 11.6 Å². The summed E-state index contributed by atoms with van der Waals surface area (Å²) in [6.07, 6.45) is 3.97. The molecule has 2 rings (SSSR count). The molecule has 0 radical (unpaired) electrons. The number of nitrogens with zero attached hydrogens (tertiary/aromatic N) is 2. The first-order valence-corrected chi connectivity index (χ1v) is 7.99. The third-order valence-electron chi connectivity index (χ3n) is 3.24. The van der Waals surface area contributed by atoms with Gasteiger partial charge in [-0.1, -0.05) is 23.3 Å². The first-order valence-electron chi connectivity index (χ1n) is 7.62. The summed E-state index contributed by atoms with van der Waals surface area (Å²) < 4.78 is 0. The Kier molecular flexibility index (Phi) is 6.35. The van der Waals surface area contributed by atoms with E-state index in [0.717, 1.165) is 17.8 Å². The molecule has 2 N–H and O–H groups in total. The van der Waals surface area contributed by atoms with Crippen LogP contribution in [0.25, 0.3) is 11.4 Å². The van der Waals surface area contributed by atoms with E-state index in [1.54, 1.807) is 12.1 Å². The molecule has 0 aliphatic rings. The van der Waals surface area contributed by atoms with Gasteiger partial charge in [-0.05, 0) is 44.5 Å². The Morgan fingerprint density at radius 2 is 2.04 bits per heavy atom. The fourth-order valence-electron chi connectivity index (χ4n) is 2.04. The largest absolute Gasteiger partial charge is 0.356 e. The third-order valence-corrected chi connectivity index (χ3v) is 3.49. The highest BCUT2D eigenvalue weighted by Gasteiger charge is 2.06. The average Bonchev–Trinajstić information content (AvgIpc) is 2.96. The van der Waals surface area contributed by atoms with Gasteiger partial charge in [0.25, 0.3) is 0 Å². The molecule has 1 aromatic heterocycles. The molecule has 0 aliphatic heterocycles. The molecule has 2 aromatic rings. The molecule has 6 heteroatoms. The number of aromatic nitrogens is 3. The van der Waals surface area contributed by atoms with Gasteiger partial charge in [-0.15, -0.1) is 0 Å². The van der Waals surface area contributed by atoms with Crippen LogP contribution < -0.4 is 5.32 Å². The summed E-state index contributed by atoms with van der Waals surface area (Å²) in [6, 6.07) is 7.36. The molecule has 122 valence electrons. The molecule has 23 heavy (non-hydrogen) atoms. The van der Waals surface area contributed by atoms with E-state index in [1.165, 1.54) is 5.57 Å². The van der Waals surface area contributed by atoms with Gasteiger partial charge in [-0.25, -0.2) is 4.98 Å². The number of hydrogen-bond acceptors (Lipinski definition) is 3. The smallest absolute Gasteiger partial charge is 0.220 e. The quantitative estimate of drug-likeness (QED) is 0.762. The van der Waals surface area contributed by atoms with Crippen LogP contribution in [0.1, 0.15) is 32.5 Å². The van der Waals surface area contributed by atoms with Crippen molar-refractivity contribution >= 4 is 17.5 Å². The van der Waals surface area contributed by atoms with E-state index in [1.807, 2.05) is 26.0 Å². The zero-order valence-electron chi connectivity index (χ0n) is 13.4. The Bertz CT molecular complexity index is 672. The standard InChI is InChI=1S/C17H21ClN4O/c1-12(2)4-3-5-16(23)19-11-10-15-20-17(22-21-15)13-6-8-14(18)9-7-13/h4,6-9H,3,5,10-11H2,1-2H3,(H,19,23)(H,20,21,22). The number of hydrogen-bond donors (Lipinski definition) is 2. The Labute approximate surface area is 141 Å². The fourth-order valence-corrected chi connectivity index (χ4v) is 2.16. The molecule has 1 heterocycles. The van der Waals surface area contributed by atoms with Gasteiger partial charge in [-0.2, -0.15) is 5.10 Å². The summed E-state index contributed by atoms with van der Waals surface area (Å²) in [4.78, 5) is 16.1. The van der Waals surface area contributed by atoms with Crippen LogP contribution in [0.15, 0.2) is 35.9 Å². The van der Waals surface area contributed by atoms with Gasteiger partial charge in [0.2, 0.25) is 5.91 Å². The van der Waals surface area contributed by atoms with Crippen molar-refractivity contribution in [2.45, 2.75) is 33.1 Å². The SMILES string of the molecule is CC(C)=CCCC(=O)NCCc1nc(-c2ccc(Cl)cc2)n[nH]1. The number of carbonyl (C=O) groups excluding carboxylic acids is 1. The van der Waals surface area contributed by atoms with Crippen molar-refractivity contribution in [2.75, 3.05) is 6.54 Å². The summed E-state index contributed by atoms with van der Waals surface area (Å²) in [5.41, 5.74) is 2.14. The molecule has 0 spiro atoms. The molecule has 0 atom stereocenters. The molecule has 0 bridgehead atoms. The van der Waals surface area contributed by atoms with Gasteiger partial charge in [0.1, 0.15) is 5.82 Å². The number of halogens is 1. The maximum atomic E-state index is 11.7. The number of carbonyl (C=O) groups is 1. The Morgan fingerprint density at radius 3 is 2.74 bits per heavy atom. The topological polar surface area (TPSA) is 70.7 Å². The van der Waals surface area contributed by atoms with E-state index in [9.17, 15) is 4.79 Å². The van der Waals surface area contributed by atoms with E-state index < -0.39 is 0 Å². The Balaban J connectivity index is 1.78. The number of nitrogens with one attached hydrogen (secondary N) is 2. The van der Waals surface area contributed by atoms with Crippen molar-refractivity contribution in [3.63, 3.8) is 0 Å². The van der Waals surface area contributed by atoms with Crippen molar-refractivity contribution in [2.24, 2.45) is 0 Å². The van der Waals surface area contributed by atoms with E-state index in [2.05, 4.69) is 26.6 Å². The first kappa shape index (κ1) is 17.2. The molecular weight excluding hydrogens is 312 g/mol. The highest BCUT2D eigenvalue weighted by Crippen LogP contribution is 2.17. The number of aromatic amines is 1. The summed E-state index contributed by atoms with van der Waals surface area (Å²) in [5, 5.41) is 10.6. The van der Waals surface area contributed by atoms with E-state index >= 15 is 0 Å². The normalized spacial score (nSPS) is 10.4. The highest BCUT2D eigenvalue weighted by molar-refractivity contribution is 6.30. The van der Waals surface area contributed by atoms with Gasteiger partial charge >= 0.3 is 0 Å². The van der Waals surface area contributed by atoms with Crippen molar-refractivity contribution in [1.29, 1.82) is 0 Å². The number of rotatable bonds is 7. The summed E-state index contributed by atoms with van der Waals surface area (Å²) in [5.74, 6) is 1.44. The van der Waals surface area contributed by atoms with Crippen LogP contribution in [0.4, 0.5) is 0 Å². The molecule has 0 aliphatic carbocycles. The molecule has 0 saturated carbocycles. The maximum Gasteiger partial charge on any atom is 0.220 e. The predicted molar refractivity (Wildman–Crippen MR) is 92.2 cm³/mol. The zero-order chi connectivity index (χ0) is 16.7. The summed E-state index contributed by atoms with van der Waals surface area (Å²) >= 11 is 5.86. The van der Waals surface area contributed by atoms with Crippen LogP contribution in [0, 0.1) is 0 Å². The second-order valence-corrected chi connectivity index (χ2v) is 5.97. The van der Waals surface area contributed by atoms with E-state index in [-0.39, 0.29) is 5.91 Å². The van der Waals surface area contributed by atoms with Crippen LogP contribution in [-0.4, -0.2) is 27.6 Å². The summed E-state index contributed by atoms with van der Waals surface area (Å²) in [6.45, 7) is 4.60. The molecule has 1 amide bonds. The third kappa shape index (κ3) is 5.87. The van der Waals surface area contributed by atoms with E-state index in [4.69, 9.17) is 11.6 Å². The number of amides is 1. The molecule has 0 saturated heterocycles. The highest BCUT2D eigenvalue weighted by atomic mass is 35.5. The van der Waals surface area contributed by atoms with Crippen molar-refractivity contribution in [3.8, 4) is 11.4 Å². The average molecular weight is 333 g/mol. The van der Waals surface area contributed by atoms with Gasteiger partial charge in [0, 0.05) is 30.0 Å². The molecule has 0 unspecified atom stereocenters. The lowest BCUT2D eigenvalue weighted by Crippen LogP contribution is -2.25. The molecule has 5 nitrogen and oxygen atoms in total. The lowest BCUT2D eigenvalue weighted by atomic mass is 10.2. The minimum Gasteiger partial charge on any atom is -0.356 e. The number of allylic oxidation sites excluding steroid dienone is 2. The zero-order valence-corrected chi connectivity index (χ0v) is 14.2. The lowest BCUT2D eigenvalue weighted by Gasteiger charge is -2.02. The van der Waals surface area contributed by atoms with Gasteiger partial charge in [0.15, 0.2) is 5.82 Å². The second-order valence-electron chi connectivity index (χ2n) is 5.53. The van der Waals surface area contributed by atoms with Gasteiger partial charge in [-0.3, -0.25) is 9.89 Å². The van der Waals surface area contributed by atoms with Crippen molar-refractivity contribution in [1.82, 2.24) is 20.5 Å². The minimum absolute atomic E-state index is 0.0555. The van der Waals surface area contributed by atoms with Crippen LogP contribution in [0.2, 0.25) is 5.02 Å². The van der Waals surface area contributed by atoms with Crippen LogP contribution in [-0.2, 0) is 11.2 Å². The van der Waals surface area contributed by atoms with E-state index in [0.29, 0.717) is 30.2 Å². The monoisotopic (exact) mass is 332 g/mol. The lowest BCUT2D eigenvalue weighted by molar-refractivity contribution is -0.120. The van der Waals surface area contributed by atoms with Gasteiger partial charge < -0.3 is 5.32 Å². The molecule has 1 aromatic carbocycles. The number of benzene rings is 1. The minimum atomic E-state index is 0.0555. The maximum absolute atomic E-state index is 11.7. The molecule has 0 fully saturated rings. The van der Waals surface area contributed by atoms with Crippen molar-refractivity contribution in [3.05, 3.63) is 46.8 Å². The first-order chi connectivity index (χ1) is 11.0. The Hall–Kier alpha value is -2.14. The molecular formula is C17H21ClN4O. The Morgan fingerprint density at radius 1 is 1.30 bits per heavy atom. The fraction of sp³-hybridized carbons (Fsp3) is 0.353. The van der Waals surface area contributed by atoms with Crippen molar-refractivity contribution < 1.29 is 4.79 Å². The number of H-pyrrole nitrogens is 1. The van der Waals surface area contributed by atoms with Crippen LogP contribution in [0.5, 0.6) is 0 Å². The predicted octanol–water partition coefficient (Wildman–Crippen LogP) is 3.53.